The van der Waals surface area contributed by atoms with Crippen molar-refractivity contribution in [2.45, 2.75) is 13.1 Å². The fourth-order valence-electron chi connectivity index (χ4n) is 2.22. The lowest BCUT2D eigenvalue weighted by Crippen LogP contribution is -3.00. The molecule has 1 N–H and O–H groups in total. The number of methoxy groups -OCH3 is 1. The largest absolute Gasteiger partial charge is 1.00 e. The Bertz CT molecular complexity index is 729. The summed E-state index contributed by atoms with van der Waals surface area (Å²) < 4.78 is 11.1. The first kappa shape index (κ1) is 17.1. The monoisotopic (exact) mass is 329 g/mol. The van der Waals surface area contributed by atoms with Crippen molar-refractivity contribution in [2.24, 2.45) is 0 Å². The van der Waals surface area contributed by atoms with E-state index in [4.69, 9.17) is 9.15 Å². The average molecular weight is 330 g/mol. The van der Waals surface area contributed by atoms with Gasteiger partial charge in [-0.2, -0.15) is 0 Å². The van der Waals surface area contributed by atoms with Crippen LogP contribution in [0.2, 0.25) is 0 Å². The zero-order valence-electron chi connectivity index (χ0n) is 12.8. The van der Waals surface area contributed by atoms with Crippen LogP contribution in [0.4, 0.5) is 0 Å². The molecule has 0 aliphatic rings. The zero-order valence-corrected chi connectivity index (χ0v) is 13.6. The van der Waals surface area contributed by atoms with Crippen LogP contribution in [0.3, 0.4) is 0 Å². The van der Waals surface area contributed by atoms with Crippen LogP contribution < -0.4 is 22.5 Å². The third-order valence-corrected chi connectivity index (χ3v) is 3.35. The number of nitrogens with one attached hydrogen (secondary N) is 1. The van der Waals surface area contributed by atoms with E-state index in [0.717, 1.165) is 35.1 Å². The van der Waals surface area contributed by atoms with Gasteiger partial charge in [-0.15, -0.1) is 0 Å². The second-order valence-electron chi connectivity index (χ2n) is 4.92. The molecule has 2 heterocycles. The van der Waals surface area contributed by atoms with Crippen molar-refractivity contribution < 1.29 is 21.6 Å². The number of halogens is 1. The lowest BCUT2D eigenvalue weighted by atomic mass is 10.2. The summed E-state index contributed by atoms with van der Waals surface area (Å²) in [5.41, 5.74) is 2.03. The number of aromatic nitrogens is 1. The Morgan fingerprint density at radius 3 is 2.74 bits per heavy atom. The van der Waals surface area contributed by atoms with E-state index in [-0.39, 0.29) is 12.4 Å². The molecule has 0 aliphatic carbocycles. The number of rotatable bonds is 6. The van der Waals surface area contributed by atoms with Gasteiger partial charge in [0.1, 0.15) is 17.3 Å². The Kier molecular flexibility index (Phi) is 6.20. The van der Waals surface area contributed by atoms with Gasteiger partial charge in [0.2, 0.25) is 0 Å². The predicted molar refractivity (Wildman–Crippen MR) is 85.5 cm³/mol. The molecule has 120 valence electrons. The maximum absolute atomic E-state index is 5.87. The first-order valence-electron chi connectivity index (χ1n) is 7.19. The van der Waals surface area contributed by atoms with Crippen molar-refractivity contribution in [3.8, 4) is 17.1 Å². The topological polar surface area (TPSA) is 47.3 Å². The van der Waals surface area contributed by atoms with Crippen molar-refractivity contribution in [3.05, 3.63) is 72.2 Å². The van der Waals surface area contributed by atoms with Crippen LogP contribution in [-0.2, 0) is 13.1 Å². The molecule has 5 heteroatoms. The number of hydrogen-bond donors (Lipinski definition) is 1. The van der Waals surface area contributed by atoms with E-state index >= 15 is 0 Å². The van der Waals surface area contributed by atoms with Gasteiger partial charge < -0.3 is 26.9 Å². The Morgan fingerprint density at radius 1 is 1.04 bits per heavy atom. The zero-order chi connectivity index (χ0) is 15.2. The van der Waals surface area contributed by atoms with Crippen LogP contribution >= 0.6 is 0 Å². The van der Waals surface area contributed by atoms with Gasteiger partial charge in [0.05, 0.1) is 19.3 Å². The lowest BCUT2D eigenvalue weighted by Gasteiger charge is -2.03. The summed E-state index contributed by atoms with van der Waals surface area (Å²) in [4.78, 5) is 4.27. The second-order valence-corrected chi connectivity index (χ2v) is 4.92. The minimum Gasteiger partial charge on any atom is -1.00 e. The van der Waals surface area contributed by atoms with Gasteiger partial charge in [-0.05, 0) is 36.4 Å². The minimum absolute atomic E-state index is 0. The fraction of sp³-hybridized carbons (Fsp3) is 0.167. The number of benzene rings is 1. The van der Waals surface area contributed by atoms with Gasteiger partial charge in [0.15, 0.2) is 0 Å². The standard InChI is InChI=1S/C18H18N2O2.ClH/c1-21-16-7-4-5-14(11-16)18-9-8-17(22-18)13-19-12-15-6-2-3-10-20-15;/h2-11,19H,12-13H2,1H3;1H/p-1. The molecule has 2 aromatic heterocycles. The quantitative estimate of drug-likeness (QED) is 0.721. The maximum atomic E-state index is 5.87. The van der Waals surface area contributed by atoms with Gasteiger partial charge in [-0.1, -0.05) is 18.2 Å². The Hall–Kier alpha value is -2.30. The number of furan rings is 1. The number of ether oxygens (including phenoxy) is 1. The highest BCUT2D eigenvalue weighted by Crippen LogP contribution is 2.25. The Labute approximate surface area is 141 Å². The molecule has 0 atom stereocenters. The summed E-state index contributed by atoms with van der Waals surface area (Å²) in [7, 11) is 1.66. The molecule has 0 saturated carbocycles. The molecule has 3 aromatic rings. The molecule has 4 nitrogen and oxygen atoms in total. The van der Waals surface area contributed by atoms with Crippen LogP contribution in [0.5, 0.6) is 5.75 Å². The van der Waals surface area contributed by atoms with Crippen LogP contribution in [0.1, 0.15) is 11.5 Å². The van der Waals surface area contributed by atoms with Crippen LogP contribution in [0, 0.1) is 0 Å². The molecular formula is C18H18ClN2O2-. The molecule has 1 aromatic carbocycles. The third-order valence-electron chi connectivity index (χ3n) is 3.35. The molecule has 3 rings (SSSR count). The van der Waals surface area contributed by atoms with Crippen LogP contribution in [0.25, 0.3) is 11.3 Å². The molecule has 0 fully saturated rings. The Balaban J connectivity index is 0.00000192. The van der Waals surface area contributed by atoms with E-state index in [1.54, 1.807) is 13.3 Å². The molecule has 0 spiro atoms. The first-order chi connectivity index (χ1) is 10.8. The van der Waals surface area contributed by atoms with E-state index in [9.17, 15) is 0 Å². The van der Waals surface area contributed by atoms with Crippen LogP contribution in [0.15, 0.2) is 65.2 Å². The molecule has 23 heavy (non-hydrogen) atoms. The summed E-state index contributed by atoms with van der Waals surface area (Å²) in [5, 5.41) is 3.32. The summed E-state index contributed by atoms with van der Waals surface area (Å²) >= 11 is 0. The molecule has 0 aliphatic heterocycles. The van der Waals surface area contributed by atoms with Crippen molar-refractivity contribution in [2.75, 3.05) is 7.11 Å². The van der Waals surface area contributed by atoms with E-state index < -0.39 is 0 Å². The molecule has 0 saturated heterocycles. The Morgan fingerprint density at radius 2 is 1.96 bits per heavy atom. The van der Waals surface area contributed by atoms with Gasteiger partial charge in [-0.25, -0.2) is 0 Å². The average Bonchev–Trinajstić information content (AvgIpc) is 3.05. The molecule has 0 amide bonds. The predicted octanol–water partition coefficient (Wildman–Crippen LogP) is 0.644. The van der Waals surface area contributed by atoms with Crippen molar-refractivity contribution >= 4 is 0 Å². The van der Waals surface area contributed by atoms with E-state index in [0.29, 0.717) is 6.54 Å². The van der Waals surface area contributed by atoms with Gasteiger partial charge in [0, 0.05) is 18.3 Å². The van der Waals surface area contributed by atoms with E-state index in [1.165, 1.54) is 0 Å². The fourth-order valence-corrected chi connectivity index (χ4v) is 2.22. The molecular weight excluding hydrogens is 312 g/mol. The van der Waals surface area contributed by atoms with Gasteiger partial charge >= 0.3 is 0 Å². The highest BCUT2D eigenvalue weighted by molar-refractivity contribution is 5.59. The van der Waals surface area contributed by atoms with Crippen molar-refractivity contribution in [1.29, 1.82) is 0 Å². The van der Waals surface area contributed by atoms with Crippen molar-refractivity contribution in [3.63, 3.8) is 0 Å². The summed E-state index contributed by atoms with van der Waals surface area (Å²) in [6, 6.07) is 17.7. The lowest BCUT2D eigenvalue weighted by molar-refractivity contribution is -0.00000542. The summed E-state index contributed by atoms with van der Waals surface area (Å²) in [6.07, 6.45) is 1.80. The highest BCUT2D eigenvalue weighted by Gasteiger charge is 2.06. The number of nitrogens with zero attached hydrogens (tertiary/aromatic N) is 1. The number of pyridine rings is 1. The molecule has 0 bridgehead atoms. The summed E-state index contributed by atoms with van der Waals surface area (Å²) in [5.74, 6) is 2.56. The van der Waals surface area contributed by atoms with Gasteiger partial charge in [0.25, 0.3) is 0 Å². The first-order valence-corrected chi connectivity index (χ1v) is 7.19. The summed E-state index contributed by atoms with van der Waals surface area (Å²) in [6.45, 7) is 1.39. The highest BCUT2D eigenvalue weighted by atomic mass is 35.5. The van der Waals surface area contributed by atoms with Gasteiger partial charge in [-0.3, -0.25) is 4.98 Å². The normalized spacial score (nSPS) is 10.1. The van der Waals surface area contributed by atoms with Crippen molar-refractivity contribution in [1.82, 2.24) is 10.3 Å². The number of hydrogen-bond acceptors (Lipinski definition) is 4. The molecule has 0 unspecified atom stereocenters. The minimum atomic E-state index is 0. The van der Waals surface area contributed by atoms with E-state index in [2.05, 4.69) is 10.3 Å². The smallest absolute Gasteiger partial charge is 0.134 e. The SMILES string of the molecule is COc1cccc(-c2ccc(CNCc3ccccn3)o2)c1.[Cl-]. The maximum Gasteiger partial charge on any atom is 0.134 e. The molecule has 0 radical (unpaired) electrons. The van der Waals surface area contributed by atoms with E-state index in [1.807, 2.05) is 54.6 Å². The van der Waals surface area contributed by atoms with Crippen LogP contribution in [-0.4, -0.2) is 12.1 Å². The second kappa shape index (κ2) is 8.36. The third kappa shape index (κ3) is 4.58.